The summed E-state index contributed by atoms with van der Waals surface area (Å²) in [5, 5.41) is 4.63. The van der Waals surface area contributed by atoms with Crippen LogP contribution in [0.15, 0.2) is 49.1 Å². The van der Waals surface area contributed by atoms with Gasteiger partial charge in [0.05, 0.1) is 3.79 Å². The number of para-hydroxylation sites is 1. The van der Waals surface area contributed by atoms with Gasteiger partial charge in [-0.25, -0.2) is 0 Å². The fourth-order valence-electron chi connectivity index (χ4n) is 2.20. The van der Waals surface area contributed by atoms with Crippen molar-refractivity contribution in [3.63, 3.8) is 0 Å². The molecule has 0 aliphatic heterocycles. The van der Waals surface area contributed by atoms with Gasteiger partial charge in [-0.05, 0) is 56.6 Å². The number of hydrogen-bond donors (Lipinski definition) is 1. The monoisotopic (exact) mass is 413 g/mol. The minimum absolute atomic E-state index is 0.0833. The van der Waals surface area contributed by atoms with E-state index in [-0.39, 0.29) is 6.04 Å². The molecule has 104 valence electrons. The van der Waals surface area contributed by atoms with Crippen LogP contribution in [0.4, 0.5) is 0 Å². The minimum Gasteiger partial charge on any atom is -0.459 e. The zero-order valence-corrected chi connectivity index (χ0v) is 14.8. The summed E-state index contributed by atoms with van der Waals surface area (Å²) < 4.78 is 8.18. The first-order chi connectivity index (χ1) is 9.69. The van der Waals surface area contributed by atoms with Gasteiger partial charge in [-0.15, -0.1) is 11.3 Å². The van der Waals surface area contributed by atoms with Crippen molar-refractivity contribution in [2.75, 3.05) is 6.54 Å². The van der Waals surface area contributed by atoms with Gasteiger partial charge in [0.25, 0.3) is 0 Å². The number of thiophene rings is 1. The van der Waals surface area contributed by atoms with Crippen molar-refractivity contribution in [1.82, 2.24) is 5.32 Å². The number of rotatable bonds is 4. The van der Waals surface area contributed by atoms with E-state index in [2.05, 4.69) is 62.3 Å². The number of furan rings is 1. The average Bonchev–Trinajstić information content (AvgIpc) is 3.00. The molecule has 0 saturated carbocycles. The highest BCUT2D eigenvalue weighted by molar-refractivity contribution is 9.13. The van der Waals surface area contributed by atoms with Gasteiger partial charge in [-0.3, -0.25) is 0 Å². The SMILES string of the molecule is CCNC(c1cc2ccccc2o1)c1cc(Br)c(Br)s1. The van der Waals surface area contributed by atoms with E-state index < -0.39 is 0 Å². The third-order valence-corrected chi connectivity index (χ3v) is 6.41. The van der Waals surface area contributed by atoms with Crippen molar-refractivity contribution in [1.29, 1.82) is 0 Å². The molecule has 2 aromatic heterocycles. The van der Waals surface area contributed by atoms with E-state index in [1.165, 1.54) is 4.88 Å². The molecule has 0 fully saturated rings. The normalized spacial score (nSPS) is 12.9. The predicted molar refractivity (Wildman–Crippen MR) is 91.5 cm³/mol. The first kappa shape index (κ1) is 14.3. The van der Waals surface area contributed by atoms with Crippen LogP contribution in [0.25, 0.3) is 11.0 Å². The summed E-state index contributed by atoms with van der Waals surface area (Å²) in [7, 11) is 0. The van der Waals surface area contributed by atoms with Crippen molar-refractivity contribution >= 4 is 54.2 Å². The standard InChI is InChI=1S/C15H13Br2NOS/c1-2-18-14(13-8-10(16)15(17)20-13)12-7-9-5-3-4-6-11(9)19-12/h3-8,14,18H,2H2,1H3. The molecule has 0 spiro atoms. The van der Waals surface area contributed by atoms with Crippen LogP contribution >= 0.6 is 43.2 Å². The molecule has 0 amide bonds. The van der Waals surface area contributed by atoms with Gasteiger partial charge in [-0.1, -0.05) is 25.1 Å². The lowest BCUT2D eigenvalue weighted by Gasteiger charge is -2.13. The Morgan fingerprint density at radius 2 is 2.05 bits per heavy atom. The summed E-state index contributed by atoms with van der Waals surface area (Å²) in [5.74, 6) is 0.953. The third-order valence-electron chi connectivity index (χ3n) is 3.09. The highest BCUT2D eigenvalue weighted by atomic mass is 79.9. The fourth-order valence-corrected chi connectivity index (χ4v) is 4.37. The van der Waals surface area contributed by atoms with E-state index in [0.29, 0.717) is 0 Å². The summed E-state index contributed by atoms with van der Waals surface area (Å²) in [6, 6.07) is 12.4. The van der Waals surface area contributed by atoms with Crippen LogP contribution in [0.2, 0.25) is 0 Å². The number of benzene rings is 1. The topological polar surface area (TPSA) is 25.2 Å². The maximum atomic E-state index is 6.00. The molecule has 2 heterocycles. The van der Waals surface area contributed by atoms with Crippen LogP contribution in [-0.4, -0.2) is 6.54 Å². The van der Waals surface area contributed by atoms with Crippen molar-refractivity contribution in [3.8, 4) is 0 Å². The van der Waals surface area contributed by atoms with Gasteiger partial charge >= 0.3 is 0 Å². The first-order valence-electron chi connectivity index (χ1n) is 6.35. The van der Waals surface area contributed by atoms with Gasteiger partial charge in [0.2, 0.25) is 0 Å². The van der Waals surface area contributed by atoms with Gasteiger partial charge in [0.15, 0.2) is 0 Å². The molecule has 1 unspecified atom stereocenters. The number of fused-ring (bicyclic) bond motifs is 1. The quantitative estimate of drug-likeness (QED) is 0.590. The molecule has 1 N–H and O–H groups in total. The fraction of sp³-hybridized carbons (Fsp3) is 0.200. The first-order valence-corrected chi connectivity index (χ1v) is 8.76. The molecule has 0 aliphatic rings. The van der Waals surface area contributed by atoms with Crippen LogP contribution in [0.5, 0.6) is 0 Å². The largest absolute Gasteiger partial charge is 0.459 e. The lowest BCUT2D eigenvalue weighted by molar-refractivity contribution is 0.481. The lowest BCUT2D eigenvalue weighted by atomic mass is 10.1. The van der Waals surface area contributed by atoms with E-state index >= 15 is 0 Å². The van der Waals surface area contributed by atoms with Crippen molar-refractivity contribution in [2.24, 2.45) is 0 Å². The minimum atomic E-state index is 0.0833. The molecule has 0 radical (unpaired) electrons. The van der Waals surface area contributed by atoms with E-state index in [1.54, 1.807) is 11.3 Å². The predicted octanol–water partition coefficient (Wildman–Crippen LogP) is 5.72. The summed E-state index contributed by atoms with van der Waals surface area (Å²) >= 11 is 8.82. The molecule has 2 nitrogen and oxygen atoms in total. The molecule has 0 aliphatic carbocycles. The Balaban J connectivity index is 2.05. The van der Waals surface area contributed by atoms with Crippen LogP contribution in [-0.2, 0) is 0 Å². The van der Waals surface area contributed by atoms with Crippen LogP contribution < -0.4 is 5.32 Å². The Hall–Kier alpha value is -0.620. The summed E-state index contributed by atoms with van der Waals surface area (Å²) in [6.07, 6.45) is 0. The summed E-state index contributed by atoms with van der Waals surface area (Å²) in [5.41, 5.74) is 0.931. The Labute approximate surface area is 138 Å². The van der Waals surface area contributed by atoms with E-state index in [1.807, 2.05) is 18.2 Å². The second-order valence-corrected chi connectivity index (χ2v) is 7.70. The molecule has 5 heteroatoms. The zero-order chi connectivity index (χ0) is 14.1. The Morgan fingerprint density at radius 3 is 2.70 bits per heavy atom. The lowest BCUT2D eigenvalue weighted by Crippen LogP contribution is -2.20. The molecule has 1 atom stereocenters. The van der Waals surface area contributed by atoms with Crippen molar-refractivity contribution in [3.05, 3.63) is 55.3 Å². The second kappa shape index (κ2) is 6.02. The van der Waals surface area contributed by atoms with Crippen molar-refractivity contribution in [2.45, 2.75) is 13.0 Å². The molecular formula is C15H13Br2NOS. The maximum Gasteiger partial charge on any atom is 0.134 e. The maximum absolute atomic E-state index is 6.00. The smallest absolute Gasteiger partial charge is 0.134 e. The van der Waals surface area contributed by atoms with Crippen LogP contribution in [0.1, 0.15) is 23.6 Å². The molecule has 3 rings (SSSR count). The number of halogens is 2. The molecule has 3 aromatic rings. The molecule has 0 bridgehead atoms. The number of nitrogens with one attached hydrogen (secondary N) is 1. The molecule has 20 heavy (non-hydrogen) atoms. The van der Waals surface area contributed by atoms with Gasteiger partial charge in [-0.2, -0.15) is 0 Å². The third kappa shape index (κ3) is 2.72. The van der Waals surface area contributed by atoms with Gasteiger partial charge in [0.1, 0.15) is 17.4 Å². The van der Waals surface area contributed by atoms with Crippen LogP contribution in [0.3, 0.4) is 0 Å². The Morgan fingerprint density at radius 1 is 1.25 bits per heavy atom. The van der Waals surface area contributed by atoms with E-state index in [4.69, 9.17) is 4.42 Å². The van der Waals surface area contributed by atoms with Gasteiger partial charge in [0, 0.05) is 14.7 Å². The zero-order valence-electron chi connectivity index (χ0n) is 10.8. The summed E-state index contributed by atoms with van der Waals surface area (Å²) in [4.78, 5) is 1.23. The van der Waals surface area contributed by atoms with E-state index in [0.717, 1.165) is 31.5 Å². The Kier molecular flexibility index (Phi) is 4.31. The van der Waals surface area contributed by atoms with Crippen LogP contribution in [0, 0.1) is 0 Å². The average molecular weight is 415 g/mol. The van der Waals surface area contributed by atoms with E-state index in [9.17, 15) is 0 Å². The van der Waals surface area contributed by atoms with Gasteiger partial charge < -0.3 is 9.73 Å². The van der Waals surface area contributed by atoms with Crippen molar-refractivity contribution < 1.29 is 4.42 Å². The number of hydrogen-bond acceptors (Lipinski definition) is 3. The molecule has 1 aromatic carbocycles. The second-order valence-electron chi connectivity index (χ2n) is 4.45. The highest BCUT2D eigenvalue weighted by Crippen LogP contribution is 2.38. The Bertz CT molecular complexity index is 682. The molecular weight excluding hydrogens is 402 g/mol. The highest BCUT2D eigenvalue weighted by Gasteiger charge is 2.20. The summed E-state index contributed by atoms with van der Waals surface area (Å²) in [6.45, 7) is 2.99. The molecule has 0 saturated heterocycles.